The second kappa shape index (κ2) is 6.01. The summed E-state index contributed by atoms with van der Waals surface area (Å²) in [4.78, 5) is 0. The maximum atomic E-state index is 9.40. The zero-order valence-electron chi connectivity index (χ0n) is 10.5. The minimum absolute atomic E-state index is 0.160. The maximum Gasteiger partial charge on any atom is 0.0611 e. The van der Waals surface area contributed by atoms with Crippen LogP contribution < -0.4 is 5.32 Å². The molecule has 16 heavy (non-hydrogen) atoms. The molecule has 92 valence electrons. The third-order valence-electron chi connectivity index (χ3n) is 2.82. The summed E-state index contributed by atoms with van der Waals surface area (Å²) in [5, 5.41) is 17.1. The first-order valence-electron chi connectivity index (χ1n) is 5.95. The molecule has 4 nitrogen and oxygen atoms in total. The number of nitrogens with one attached hydrogen (secondary N) is 1. The van der Waals surface area contributed by atoms with Gasteiger partial charge >= 0.3 is 0 Å². The molecular formula is C12H23N3O. The van der Waals surface area contributed by atoms with Crippen LogP contribution in [0.1, 0.15) is 32.4 Å². The van der Waals surface area contributed by atoms with Crippen molar-refractivity contribution in [1.82, 2.24) is 15.1 Å². The topological polar surface area (TPSA) is 50.1 Å². The number of hydrogen-bond donors (Lipinski definition) is 2. The average molecular weight is 225 g/mol. The Bertz CT molecular complexity index is 311. The molecule has 0 saturated heterocycles. The van der Waals surface area contributed by atoms with Gasteiger partial charge in [-0.05, 0) is 39.3 Å². The van der Waals surface area contributed by atoms with Gasteiger partial charge in [-0.15, -0.1) is 0 Å². The van der Waals surface area contributed by atoms with Gasteiger partial charge in [-0.1, -0.05) is 6.92 Å². The highest BCUT2D eigenvalue weighted by Gasteiger charge is 2.21. The van der Waals surface area contributed by atoms with Gasteiger partial charge in [-0.25, -0.2) is 0 Å². The van der Waals surface area contributed by atoms with Crippen LogP contribution in [-0.2, 0) is 6.54 Å². The summed E-state index contributed by atoms with van der Waals surface area (Å²) in [7, 11) is 0. The highest BCUT2D eigenvalue weighted by Crippen LogP contribution is 2.10. The lowest BCUT2D eigenvalue weighted by Gasteiger charge is -2.28. The number of aliphatic hydroxyl groups excluding tert-OH is 1. The van der Waals surface area contributed by atoms with Crippen LogP contribution in [0.5, 0.6) is 0 Å². The first kappa shape index (κ1) is 13.2. The van der Waals surface area contributed by atoms with E-state index in [1.807, 2.05) is 23.9 Å². The van der Waals surface area contributed by atoms with Gasteiger partial charge in [0.1, 0.15) is 0 Å². The number of hydrogen-bond acceptors (Lipinski definition) is 3. The first-order chi connectivity index (χ1) is 7.59. The molecule has 0 fully saturated rings. The van der Waals surface area contributed by atoms with Crippen LogP contribution in [0, 0.1) is 6.92 Å². The van der Waals surface area contributed by atoms with Crippen LogP contribution in [0.2, 0.25) is 0 Å². The van der Waals surface area contributed by atoms with E-state index < -0.39 is 0 Å². The zero-order chi connectivity index (χ0) is 12.0. The summed E-state index contributed by atoms with van der Waals surface area (Å²) in [6, 6.07) is 2.00. The van der Waals surface area contributed by atoms with Crippen LogP contribution in [0.4, 0.5) is 0 Å². The standard InChI is InChI=1S/C12H23N3O/c1-4-7-13-12(3,10-16)6-9-15-8-5-11(2)14-15/h5,8,13,16H,4,6-7,9-10H2,1-3H3. The lowest BCUT2D eigenvalue weighted by Crippen LogP contribution is -2.46. The van der Waals surface area contributed by atoms with E-state index in [0.717, 1.165) is 31.6 Å². The lowest BCUT2D eigenvalue weighted by atomic mass is 9.99. The van der Waals surface area contributed by atoms with Gasteiger partial charge in [0.15, 0.2) is 0 Å². The molecule has 0 saturated carbocycles. The number of nitrogens with zero attached hydrogens (tertiary/aromatic N) is 2. The van der Waals surface area contributed by atoms with Gasteiger partial charge in [-0.3, -0.25) is 4.68 Å². The molecule has 0 aliphatic rings. The molecule has 2 N–H and O–H groups in total. The van der Waals surface area contributed by atoms with E-state index in [4.69, 9.17) is 0 Å². The van der Waals surface area contributed by atoms with Crippen molar-refractivity contribution in [3.8, 4) is 0 Å². The van der Waals surface area contributed by atoms with Crippen LogP contribution >= 0.6 is 0 Å². The minimum atomic E-state index is -0.199. The summed E-state index contributed by atoms with van der Waals surface area (Å²) in [6.45, 7) is 8.10. The monoisotopic (exact) mass is 225 g/mol. The zero-order valence-corrected chi connectivity index (χ0v) is 10.5. The maximum absolute atomic E-state index is 9.40. The molecule has 1 rings (SSSR count). The van der Waals surface area contributed by atoms with Gasteiger partial charge in [-0.2, -0.15) is 5.10 Å². The Kier molecular flexibility index (Phi) is 4.96. The number of aliphatic hydroxyl groups is 1. The van der Waals surface area contributed by atoms with Gasteiger partial charge in [0.25, 0.3) is 0 Å². The molecule has 0 aliphatic carbocycles. The van der Waals surface area contributed by atoms with Crippen molar-refractivity contribution < 1.29 is 5.11 Å². The lowest BCUT2D eigenvalue weighted by molar-refractivity contribution is 0.160. The third-order valence-corrected chi connectivity index (χ3v) is 2.82. The Balaban J connectivity index is 2.44. The molecule has 1 aromatic heterocycles. The Morgan fingerprint density at radius 1 is 1.56 bits per heavy atom. The fourth-order valence-corrected chi connectivity index (χ4v) is 1.60. The summed E-state index contributed by atoms with van der Waals surface area (Å²) in [5.41, 5.74) is 0.836. The van der Waals surface area contributed by atoms with Crippen molar-refractivity contribution in [3.63, 3.8) is 0 Å². The molecule has 0 aliphatic heterocycles. The van der Waals surface area contributed by atoms with Crippen molar-refractivity contribution >= 4 is 0 Å². The molecule has 0 spiro atoms. The van der Waals surface area contributed by atoms with Gasteiger partial charge in [0, 0.05) is 18.3 Å². The van der Waals surface area contributed by atoms with Gasteiger partial charge in [0.2, 0.25) is 0 Å². The van der Waals surface area contributed by atoms with Crippen LogP contribution in [0.25, 0.3) is 0 Å². The number of rotatable bonds is 7. The summed E-state index contributed by atoms with van der Waals surface area (Å²) in [5.74, 6) is 0. The van der Waals surface area contributed by atoms with Crippen LogP contribution in [-0.4, -0.2) is 33.6 Å². The van der Waals surface area contributed by atoms with Gasteiger partial charge in [0.05, 0.1) is 12.3 Å². The van der Waals surface area contributed by atoms with Crippen molar-refractivity contribution in [1.29, 1.82) is 0 Å². The minimum Gasteiger partial charge on any atom is -0.394 e. The Labute approximate surface area is 97.7 Å². The van der Waals surface area contributed by atoms with Crippen LogP contribution in [0.3, 0.4) is 0 Å². The van der Waals surface area contributed by atoms with E-state index in [2.05, 4.69) is 24.3 Å². The van der Waals surface area contributed by atoms with Crippen molar-refractivity contribution in [2.45, 2.75) is 45.7 Å². The van der Waals surface area contributed by atoms with Crippen LogP contribution in [0.15, 0.2) is 12.3 Å². The molecule has 4 heteroatoms. The molecule has 1 atom stereocenters. The molecule has 1 heterocycles. The molecule has 0 amide bonds. The van der Waals surface area contributed by atoms with Crippen molar-refractivity contribution in [3.05, 3.63) is 18.0 Å². The number of aromatic nitrogens is 2. The number of aryl methyl sites for hydroxylation is 2. The summed E-state index contributed by atoms with van der Waals surface area (Å²) < 4.78 is 1.93. The predicted octanol–water partition coefficient (Wildman–Crippen LogP) is 1.33. The molecule has 0 aromatic carbocycles. The molecule has 0 radical (unpaired) electrons. The average Bonchev–Trinajstić information content (AvgIpc) is 2.70. The van der Waals surface area contributed by atoms with Crippen molar-refractivity contribution in [2.24, 2.45) is 0 Å². The van der Waals surface area contributed by atoms with E-state index in [9.17, 15) is 5.11 Å². The van der Waals surface area contributed by atoms with Crippen molar-refractivity contribution in [2.75, 3.05) is 13.2 Å². The van der Waals surface area contributed by atoms with E-state index in [1.54, 1.807) is 0 Å². The predicted molar refractivity (Wildman–Crippen MR) is 65.4 cm³/mol. The highest BCUT2D eigenvalue weighted by molar-refractivity contribution is 4.95. The second-order valence-electron chi connectivity index (χ2n) is 4.62. The third kappa shape index (κ3) is 3.94. The fourth-order valence-electron chi connectivity index (χ4n) is 1.60. The Morgan fingerprint density at radius 2 is 2.31 bits per heavy atom. The Morgan fingerprint density at radius 3 is 2.81 bits per heavy atom. The summed E-state index contributed by atoms with van der Waals surface area (Å²) in [6.07, 6.45) is 3.94. The quantitative estimate of drug-likeness (QED) is 0.736. The summed E-state index contributed by atoms with van der Waals surface area (Å²) >= 11 is 0. The van der Waals surface area contributed by atoms with E-state index in [-0.39, 0.29) is 12.1 Å². The molecular weight excluding hydrogens is 202 g/mol. The van der Waals surface area contributed by atoms with E-state index >= 15 is 0 Å². The highest BCUT2D eigenvalue weighted by atomic mass is 16.3. The molecule has 1 unspecified atom stereocenters. The van der Waals surface area contributed by atoms with E-state index in [1.165, 1.54) is 0 Å². The first-order valence-corrected chi connectivity index (χ1v) is 5.95. The van der Waals surface area contributed by atoms with E-state index in [0.29, 0.717) is 0 Å². The SMILES string of the molecule is CCCNC(C)(CO)CCn1ccc(C)n1. The normalized spacial score (nSPS) is 15.0. The van der Waals surface area contributed by atoms with Gasteiger partial charge < -0.3 is 10.4 Å². The molecule has 0 bridgehead atoms. The largest absolute Gasteiger partial charge is 0.394 e. The fraction of sp³-hybridized carbons (Fsp3) is 0.750. The Hall–Kier alpha value is -0.870. The molecule has 1 aromatic rings. The smallest absolute Gasteiger partial charge is 0.0611 e. The second-order valence-corrected chi connectivity index (χ2v) is 4.62.